The molecule has 6 nitrogen and oxygen atoms in total. The lowest BCUT2D eigenvalue weighted by atomic mass is 9.85. The van der Waals surface area contributed by atoms with E-state index in [1.165, 1.54) is 0 Å². The molecule has 1 fully saturated rings. The van der Waals surface area contributed by atoms with Gasteiger partial charge in [0, 0.05) is 30.5 Å². The van der Waals surface area contributed by atoms with E-state index in [1.54, 1.807) is 25.3 Å². The second-order valence-electron chi connectivity index (χ2n) is 7.16. The number of methoxy groups -OCH3 is 1. The normalized spacial score (nSPS) is 15.9. The summed E-state index contributed by atoms with van der Waals surface area (Å²) in [4.78, 5) is 0. The van der Waals surface area contributed by atoms with Gasteiger partial charge >= 0.3 is 0 Å². The second-order valence-corrected chi connectivity index (χ2v) is 8.90. The van der Waals surface area contributed by atoms with Crippen LogP contribution in [0.3, 0.4) is 0 Å². The van der Waals surface area contributed by atoms with Gasteiger partial charge in [-0.3, -0.25) is 0 Å². The third-order valence-corrected chi connectivity index (χ3v) is 6.83. The number of allylic oxidation sites excluding steroid dienone is 1. The van der Waals surface area contributed by atoms with E-state index in [0.29, 0.717) is 28.5 Å². The maximum absolute atomic E-state index is 12.0. The number of nitriles is 1. The predicted octanol–water partition coefficient (Wildman–Crippen LogP) is 4.35. The van der Waals surface area contributed by atoms with Gasteiger partial charge in [-0.2, -0.15) is 5.26 Å². The minimum Gasteiger partial charge on any atom is -0.497 e. The maximum Gasteiger partial charge on any atom is 0.129 e. The number of benzene rings is 2. The van der Waals surface area contributed by atoms with Crippen LogP contribution in [0.4, 0.5) is 5.69 Å². The molecule has 0 amide bonds. The van der Waals surface area contributed by atoms with Crippen LogP contribution in [0.1, 0.15) is 30.9 Å². The van der Waals surface area contributed by atoms with Gasteiger partial charge in [0.1, 0.15) is 23.3 Å². The Kier molecular flexibility index (Phi) is 7.14. The van der Waals surface area contributed by atoms with Gasteiger partial charge in [-0.1, -0.05) is 13.5 Å². The Balaban J connectivity index is 1.81. The van der Waals surface area contributed by atoms with Crippen LogP contribution in [0.25, 0.3) is 5.57 Å². The number of rotatable bonds is 7. The first-order valence-electron chi connectivity index (χ1n) is 9.95. The summed E-state index contributed by atoms with van der Waals surface area (Å²) in [6.45, 7) is 7.74. The van der Waals surface area contributed by atoms with Crippen LogP contribution in [0.2, 0.25) is 0 Å². The van der Waals surface area contributed by atoms with Gasteiger partial charge in [0.05, 0.1) is 29.3 Å². The summed E-state index contributed by atoms with van der Waals surface area (Å²) in [5, 5.41) is 9.54. The van der Waals surface area contributed by atoms with Gasteiger partial charge in [0.15, 0.2) is 0 Å². The number of ether oxygens (including phenoxy) is 2. The van der Waals surface area contributed by atoms with Crippen LogP contribution in [0.5, 0.6) is 17.2 Å². The summed E-state index contributed by atoms with van der Waals surface area (Å²) >= 11 is 0. The Morgan fingerprint density at radius 1 is 1.23 bits per heavy atom. The van der Waals surface area contributed by atoms with Crippen molar-refractivity contribution in [1.29, 1.82) is 5.26 Å². The van der Waals surface area contributed by atoms with E-state index in [2.05, 4.69) is 12.6 Å². The molecular weight excluding hydrogens is 398 g/mol. The molecule has 3 rings (SSSR count). The first-order chi connectivity index (χ1) is 14.5. The van der Waals surface area contributed by atoms with Gasteiger partial charge in [0.2, 0.25) is 0 Å². The number of nitrogens with zero attached hydrogens (tertiary/aromatic N) is 2. The van der Waals surface area contributed by atoms with Gasteiger partial charge in [0.25, 0.3) is 0 Å². The fourth-order valence-corrected chi connectivity index (χ4v) is 4.62. The zero-order valence-electron chi connectivity index (χ0n) is 17.4. The summed E-state index contributed by atoms with van der Waals surface area (Å²) in [7, 11) is 0.691. The molecule has 1 atom stereocenters. The van der Waals surface area contributed by atoms with E-state index in [4.69, 9.17) is 15.2 Å². The molecule has 1 aliphatic rings. The van der Waals surface area contributed by atoms with Gasteiger partial charge in [-0.15, -0.1) is 0 Å². The highest BCUT2D eigenvalue weighted by molar-refractivity contribution is 7.82. The number of nitrogen functional groups attached to an aromatic ring is 1. The summed E-state index contributed by atoms with van der Waals surface area (Å²) in [5.41, 5.74) is 8.71. The number of hydrogen-bond donors (Lipinski definition) is 1. The molecule has 2 N–H and O–H groups in total. The van der Waals surface area contributed by atoms with Gasteiger partial charge in [-0.25, -0.2) is 8.51 Å². The fourth-order valence-electron chi connectivity index (χ4n) is 3.63. The van der Waals surface area contributed by atoms with Crippen LogP contribution in [0.15, 0.2) is 43.0 Å². The van der Waals surface area contributed by atoms with Crippen molar-refractivity contribution in [3.63, 3.8) is 0 Å². The smallest absolute Gasteiger partial charge is 0.129 e. The summed E-state index contributed by atoms with van der Waals surface area (Å²) in [5.74, 6) is 2.76. The van der Waals surface area contributed by atoms with E-state index in [1.807, 2.05) is 29.4 Å². The SMILES string of the molecule is C=C(c1cc(Oc2ccc(OC)cc2)cc(C#N)c1N)C1CCN(S(=O)CC)CC1. The molecule has 1 unspecified atom stereocenters. The number of anilines is 1. The van der Waals surface area contributed by atoms with E-state index in [0.717, 1.165) is 42.8 Å². The highest BCUT2D eigenvalue weighted by Crippen LogP contribution is 2.38. The Morgan fingerprint density at radius 3 is 2.43 bits per heavy atom. The fraction of sp³-hybridized carbons (Fsp3) is 0.348. The second kappa shape index (κ2) is 9.79. The molecule has 1 saturated heterocycles. The van der Waals surface area contributed by atoms with Gasteiger partial charge in [-0.05, 0) is 54.7 Å². The lowest BCUT2D eigenvalue weighted by molar-refractivity contribution is 0.325. The van der Waals surface area contributed by atoms with Crippen LogP contribution in [-0.4, -0.2) is 34.5 Å². The molecule has 0 saturated carbocycles. The molecular formula is C23H27N3O3S. The van der Waals surface area contributed by atoms with Crippen molar-refractivity contribution in [2.24, 2.45) is 5.92 Å². The van der Waals surface area contributed by atoms with Gasteiger partial charge < -0.3 is 15.2 Å². The highest BCUT2D eigenvalue weighted by atomic mass is 32.2. The standard InChI is InChI=1S/C23H27N3O3S/c1-4-30(27)26-11-9-17(10-12-26)16(2)22-14-21(13-18(15-24)23(22)25)29-20-7-5-19(28-3)6-8-20/h5-8,13-14,17H,2,4,9-12,25H2,1,3H3. The van der Waals surface area contributed by atoms with Crippen molar-refractivity contribution >= 4 is 22.2 Å². The predicted molar refractivity (Wildman–Crippen MR) is 121 cm³/mol. The molecule has 0 aromatic heterocycles. The zero-order valence-corrected chi connectivity index (χ0v) is 18.2. The highest BCUT2D eigenvalue weighted by Gasteiger charge is 2.26. The van der Waals surface area contributed by atoms with Crippen molar-refractivity contribution in [3.8, 4) is 23.3 Å². The Labute approximate surface area is 180 Å². The first-order valence-corrected chi connectivity index (χ1v) is 11.2. The third-order valence-electron chi connectivity index (χ3n) is 5.40. The summed E-state index contributed by atoms with van der Waals surface area (Å²) in [6, 6.07) is 12.9. The van der Waals surface area contributed by atoms with E-state index in [9.17, 15) is 9.47 Å². The molecule has 1 aliphatic heterocycles. The average Bonchev–Trinajstić information content (AvgIpc) is 2.79. The Morgan fingerprint density at radius 2 is 1.87 bits per heavy atom. The molecule has 2 aromatic rings. The number of nitrogens with two attached hydrogens (primary N) is 1. The molecule has 0 spiro atoms. The van der Waals surface area contributed by atoms with Crippen LogP contribution in [0, 0.1) is 17.2 Å². The van der Waals surface area contributed by atoms with Crippen molar-refractivity contribution in [1.82, 2.24) is 4.31 Å². The van der Waals surface area contributed by atoms with E-state index >= 15 is 0 Å². The molecule has 7 heteroatoms. The maximum atomic E-state index is 12.0. The third kappa shape index (κ3) is 4.84. The van der Waals surface area contributed by atoms with E-state index < -0.39 is 11.0 Å². The molecule has 0 aliphatic carbocycles. The Bertz CT molecular complexity index is 974. The van der Waals surface area contributed by atoms with Crippen LogP contribution >= 0.6 is 0 Å². The number of piperidine rings is 1. The minimum absolute atomic E-state index is 0.222. The average molecular weight is 426 g/mol. The van der Waals surface area contributed by atoms with Crippen LogP contribution in [-0.2, 0) is 11.0 Å². The number of hydrogen-bond acceptors (Lipinski definition) is 5. The molecule has 2 aromatic carbocycles. The summed E-state index contributed by atoms with van der Waals surface area (Å²) in [6.07, 6.45) is 1.71. The molecule has 158 valence electrons. The van der Waals surface area contributed by atoms with E-state index in [-0.39, 0.29) is 5.92 Å². The van der Waals surface area contributed by atoms with Crippen molar-refractivity contribution in [2.75, 3.05) is 31.7 Å². The topological polar surface area (TPSA) is 88.6 Å². The Hall–Kier alpha value is -2.82. The lowest BCUT2D eigenvalue weighted by Crippen LogP contribution is -2.36. The first kappa shape index (κ1) is 21.9. The molecule has 0 bridgehead atoms. The molecule has 30 heavy (non-hydrogen) atoms. The largest absolute Gasteiger partial charge is 0.497 e. The van der Waals surface area contributed by atoms with Crippen molar-refractivity contribution in [2.45, 2.75) is 19.8 Å². The zero-order chi connectivity index (χ0) is 21.7. The monoisotopic (exact) mass is 425 g/mol. The van der Waals surface area contributed by atoms with Crippen molar-refractivity contribution in [3.05, 3.63) is 54.1 Å². The van der Waals surface area contributed by atoms with Crippen LogP contribution < -0.4 is 15.2 Å². The van der Waals surface area contributed by atoms with Crippen molar-refractivity contribution < 1.29 is 13.7 Å². The summed E-state index contributed by atoms with van der Waals surface area (Å²) < 4.78 is 25.2. The molecule has 1 heterocycles. The quantitative estimate of drug-likeness (QED) is 0.666. The molecule has 0 radical (unpaired) electrons. The minimum atomic E-state index is -0.917. The lowest BCUT2D eigenvalue weighted by Gasteiger charge is -2.32.